The summed E-state index contributed by atoms with van der Waals surface area (Å²) in [5.74, 6) is 0.810. The second-order valence-corrected chi connectivity index (χ2v) is 13.1. The topological polar surface area (TPSA) is 130 Å². The van der Waals surface area contributed by atoms with Crippen molar-refractivity contribution in [3.63, 3.8) is 0 Å². The molecule has 9 heteroatoms. The van der Waals surface area contributed by atoms with Crippen LogP contribution in [-0.4, -0.2) is 44.5 Å². The van der Waals surface area contributed by atoms with Crippen LogP contribution in [0.2, 0.25) is 0 Å². The molecule has 0 aromatic carbocycles. The smallest absolute Gasteiger partial charge is 0.397 e. The normalized spacial score (nSPS) is 24.0. The number of nitrogens with two attached hydrogens (primary N) is 1. The number of hydrogen-bond acceptors (Lipinski definition) is 5. The van der Waals surface area contributed by atoms with Crippen LogP contribution in [0.25, 0.3) is 0 Å². The quantitative estimate of drug-likeness (QED) is 0.140. The molecule has 0 saturated carbocycles. The van der Waals surface area contributed by atoms with Gasteiger partial charge in [0.25, 0.3) is 0 Å². The summed E-state index contributed by atoms with van der Waals surface area (Å²) in [6.45, 7) is 9.66. The van der Waals surface area contributed by atoms with Crippen LogP contribution < -0.4 is 5.73 Å². The molecule has 3 rings (SSSR count). The van der Waals surface area contributed by atoms with Crippen LogP contribution in [0.4, 0.5) is 0 Å². The molecule has 0 fully saturated rings. The van der Waals surface area contributed by atoms with Gasteiger partial charge >= 0.3 is 10.4 Å². The van der Waals surface area contributed by atoms with Gasteiger partial charge in [0, 0.05) is 14.1 Å². The molecule has 37 heavy (non-hydrogen) atoms. The molecule has 1 heterocycles. The molecular weight excluding hydrogens is 490 g/mol. The highest BCUT2D eigenvalue weighted by Gasteiger charge is 2.44. The zero-order chi connectivity index (χ0) is 27.9. The van der Waals surface area contributed by atoms with Crippen molar-refractivity contribution < 1.29 is 21.6 Å². The summed E-state index contributed by atoms with van der Waals surface area (Å²) >= 11 is 0. The van der Waals surface area contributed by atoms with Gasteiger partial charge in [0.1, 0.15) is 0 Å². The highest BCUT2D eigenvalue weighted by Crippen LogP contribution is 2.57. The van der Waals surface area contributed by atoms with Crippen LogP contribution in [0, 0.1) is 28.1 Å². The number of nitrogens with one attached hydrogen (secondary N) is 1. The molecule has 0 aliphatic heterocycles. The van der Waals surface area contributed by atoms with Gasteiger partial charge in [0.15, 0.2) is 5.96 Å². The third-order valence-electron chi connectivity index (χ3n) is 8.68. The molecule has 4 N–H and O–H groups in total. The van der Waals surface area contributed by atoms with Crippen LogP contribution in [0.3, 0.4) is 0 Å². The number of furan rings is 1. The van der Waals surface area contributed by atoms with E-state index in [4.69, 9.17) is 24.3 Å². The average molecular weight is 540 g/mol. The highest BCUT2D eigenvalue weighted by molar-refractivity contribution is 7.80. The molecule has 0 saturated heterocycles. The fraction of sp³-hybridized carbons (Fsp3) is 0.750. The largest absolute Gasteiger partial charge is 0.472 e. The number of aryl methyl sites for hydroxylation is 1. The Kier molecular flexibility index (Phi) is 11.3. The van der Waals surface area contributed by atoms with E-state index in [0.29, 0.717) is 11.3 Å². The third-order valence-corrected chi connectivity index (χ3v) is 9.11. The maximum Gasteiger partial charge on any atom is 0.397 e. The number of allylic oxidation sites excluding steroid dienone is 2. The van der Waals surface area contributed by atoms with Crippen LogP contribution in [0.1, 0.15) is 91.0 Å². The number of rotatable bonds is 10. The fourth-order valence-electron chi connectivity index (χ4n) is 5.94. The van der Waals surface area contributed by atoms with E-state index in [1.807, 2.05) is 6.07 Å². The van der Waals surface area contributed by atoms with Crippen molar-refractivity contribution in [3.8, 4) is 0 Å². The standard InChI is InChI=1S/C25H40O5S.C3H9N3/c1-19-10-11-22-23(9-6-14-24(22,2)3)25(19,4)15-12-20(18-30-31(26,27)28)7-5-8-21-13-16-29-17-21;1-6(2)3(4)5/h13,16-17,19-20H,5-12,14-15,18H2,1-4H3,(H,26,27,28);1-2H3,(H3,4,5)/t19-,20+,25+;/m1./s1. The van der Waals surface area contributed by atoms with Gasteiger partial charge in [-0.05, 0) is 98.5 Å². The lowest BCUT2D eigenvalue weighted by Crippen LogP contribution is -2.38. The van der Waals surface area contributed by atoms with Crippen LogP contribution >= 0.6 is 0 Å². The van der Waals surface area contributed by atoms with E-state index in [-0.39, 0.29) is 23.9 Å². The first-order valence-electron chi connectivity index (χ1n) is 13.5. The van der Waals surface area contributed by atoms with Gasteiger partial charge in [0.2, 0.25) is 0 Å². The average Bonchev–Trinajstić information content (AvgIpc) is 3.31. The molecule has 0 unspecified atom stereocenters. The molecule has 0 bridgehead atoms. The van der Waals surface area contributed by atoms with Crippen molar-refractivity contribution in [3.05, 3.63) is 35.3 Å². The van der Waals surface area contributed by atoms with E-state index in [0.717, 1.165) is 37.7 Å². The van der Waals surface area contributed by atoms with Crippen molar-refractivity contribution in [2.75, 3.05) is 20.7 Å². The summed E-state index contributed by atoms with van der Waals surface area (Å²) in [5.41, 5.74) is 9.92. The SMILES string of the molecule is CN(C)C(=N)N.C[C@@H]1CCC2=C(CCCC2(C)C)[C@@]1(C)CC[C@H](CCCc1ccoc1)COS(=O)(=O)O. The van der Waals surface area contributed by atoms with Gasteiger partial charge in [-0.2, -0.15) is 8.42 Å². The minimum Gasteiger partial charge on any atom is -0.472 e. The molecule has 8 nitrogen and oxygen atoms in total. The van der Waals surface area contributed by atoms with Crippen molar-refractivity contribution >= 4 is 16.4 Å². The Balaban J connectivity index is 0.000000717. The molecule has 1 aromatic rings. The Hall–Kier alpha value is -1.84. The first-order chi connectivity index (χ1) is 17.2. The second kappa shape index (κ2) is 13.3. The second-order valence-electron chi connectivity index (χ2n) is 12.0. The predicted octanol–water partition coefficient (Wildman–Crippen LogP) is 6.20. The Bertz CT molecular complexity index is 1000. The Morgan fingerprint density at radius 1 is 1.27 bits per heavy atom. The molecule has 3 atom stereocenters. The van der Waals surface area contributed by atoms with Gasteiger partial charge in [0.05, 0.1) is 19.1 Å². The van der Waals surface area contributed by atoms with E-state index >= 15 is 0 Å². The zero-order valence-corrected chi connectivity index (χ0v) is 24.5. The molecule has 0 radical (unpaired) electrons. The van der Waals surface area contributed by atoms with E-state index < -0.39 is 10.4 Å². The van der Waals surface area contributed by atoms with Gasteiger partial charge in [-0.1, -0.05) is 38.8 Å². The van der Waals surface area contributed by atoms with Crippen molar-refractivity contribution in [2.24, 2.45) is 28.4 Å². The summed E-state index contributed by atoms with van der Waals surface area (Å²) in [6.07, 6.45) is 14.3. The highest BCUT2D eigenvalue weighted by atomic mass is 32.3. The molecule has 1 aromatic heterocycles. The Labute approximate surface area is 224 Å². The number of nitrogens with zero attached hydrogens (tertiary/aromatic N) is 1. The summed E-state index contributed by atoms with van der Waals surface area (Å²) in [7, 11) is -0.966. The molecule has 2 aliphatic carbocycles. The zero-order valence-electron chi connectivity index (χ0n) is 23.7. The molecule has 212 valence electrons. The molecule has 0 spiro atoms. The minimum absolute atomic E-state index is 0.0477. The number of hydrogen-bond donors (Lipinski definition) is 3. The van der Waals surface area contributed by atoms with Crippen molar-refractivity contribution in [1.82, 2.24) is 4.90 Å². The molecular formula is C28H49N3O5S. The van der Waals surface area contributed by atoms with Gasteiger partial charge in [-0.3, -0.25) is 9.96 Å². The molecule has 0 amide bonds. The van der Waals surface area contributed by atoms with Gasteiger partial charge in [-0.25, -0.2) is 4.18 Å². The van der Waals surface area contributed by atoms with E-state index in [9.17, 15) is 8.42 Å². The maximum atomic E-state index is 11.2. The lowest BCUT2D eigenvalue weighted by Gasteiger charge is -2.50. The summed E-state index contributed by atoms with van der Waals surface area (Å²) in [6, 6.07) is 1.97. The van der Waals surface area contributed by atoms with Crippen LogP contribution in [-0.2, 0) is 21.0 Å². The fourth-order valence-corrected chi connectivity index (χ4v) is 6.30. The van der Waals surface area contributed by atoms with E-state index in [2.05, 4.69) is 27.7 Å². The first kappa shape index (κ1) is 31.4. The monoisotopic (exact) mass is 539 g/mol. The lowest BCUT2D eigenvalue weighted by atomic mass is 9.55. The molecule has 2 aliphatic rings. The first-order valence-corrected chi connectivity index (χ1v) is 14.9. The summed E-state index contributed by atoms with van der Waals surface area (Å²) < 4.78 is 41.4. The summed E-state index contributed by atoms with van der Waals surface area (Å²) in [5, 5.41) is 6.65. The van der Waals surface area contributed by atoms with Gasteiger partial charge < -0.3 is 15.1 Å². The number of guanidine groups is 1. The Morgan fingerprint density at radius 3 is 2.51 bits per heavy atom. The van der Waals surface area contributed by atoms with Crippen molar-refractivity contribution in [1.29, 1.82) is 5.41 Å². The third kappa shape index (κ3) is 9.45. The van der Waals surface area contributed by atoms with Crippen molar-refractivity contribution in [2.45, 2.75) is 91.9 Å². The predicted molar refractivity (Wildman–Crippen MR) is 149 cm³/mol. The lowest BCUT2D eigenvalue weighted by molar-refractivity contribution is 0.141. The van der Waals surface area contributed by atoms with E-state index in [1.165, 1.54) is 37.0 Å². The van der Waals surface area contributed by atoms with Crippen LogP contribution in [0.5, 0.6) is 0 Å². The van der Waals surface area contributed by atoms with Gasteiger partial charge in [-0.15, -0.1) is 0 Å². The summed E-state index contributed by atoms with van der Waals surface area (Å²) in [4.78, 5) is 1.53. The van der Waals surface area contributed by atoms with E-state index in [1.54, 1.807) is 37.8 Å². The minimum atomic E-state index is -4.42. The Morgan fingerprint density at radius 2 is 1.95 bits per heavy atom. The maximum absolute atomic E-state index is 11.2. The van der Waals surface area contributed by atoms with Crippen LogP contribution in [0.15, 0.2) is 34.2 Å².